The van der Waals surface area contributed by atoms with E-state index in [2.05, 4.69) is 15.4 Å². The third-order valence-electron chi connectivity index (χ3n) is 4.84. The van der Waals surface area contributed by atoms with Crippen molar-refractivity contribution in [3.8, 4) is 17.1 Å². The maximum atomic E-state index is 13.4. The summed E-state index contributed by atoms with van der Waals surface area (Å²) < 4.78 is 14.9. The van der Waals surface area contributed by atoms with Crippen LogP contribution in [0.1, 0.15) is 21.7 Å². The molecule has 0 bridgehead atoms. The molecule has 0 fully saturated rings. The third-order valence-corrected chi connectivity index (χ3v) is 5.09. The molecule has 5 nitrogen and oxygen atoms in total. The molecule has 1 amide bonds. The monoisotopic (exact) mass is 420 g/mol. The van der Waals surface area contributed by atoms with Crippen LogP contribution in [0.25, 0.3) is 17.1 Å². The Morgan fingerprint density at radius 3 is 2.40 bits per heavy atom. The van der Waals surface area contributed by atoms with Crippen molar-refractivity contribution in [1.29, 1.82) is 0 Å². The number of carbonyl (C=O) groups excluding carboxylic acids is 1. The van der Waals surface area contributed by atoms with Gasteiger partial charge in [-0.2, -0.15) is 0 Å². The average Bonchev–Trinajstić information content (AvgIpc) is 3.18. The van der Waals surface area contributed by atoms with E-state index in [9.17, 15) is 9.18 Å². The van der Waals surface area contributed by atoms with Crippen molar-refractivity contribution >= 4 is 23.2 Å². The van der Waals surface area contributed by atoms with E-state index in [1.54, 1.807) is 41.1 Å². The summed E-state index contributed by atoms with van der Waals surface area (Å²) >= 11 is 6.00. The average molecular weight is 421 g/mol. The molecule has 1 heterocycles. The summed E-state index contributed by atoms with van der Waals surface area (Å²) in [5, 5.41) is 7.86. The van der Waals surface area contributed by atoms with Gasteiger partial charge in [-0.3, -0.25) is 4.79 Å². The maximum absolute atomic E-state index is 13.4. The van der Waals surface area contributed by atoms with Crippen LogP contribution in [0, 0.1) is 19.7 Å². The fourth-order valence-corrected chi connectivity index (χ4v) is 3.15. The van der Waals surface area contributed by atoms with Crippen LogP contribution >= 0.6 is 11.6 Å². The number of carbonyl (C=O) groups is 1. The number of halogens is 2. The van der Waals surface area contributed by atoms with Gasteiger partial charge in [0.2, 0.25) is 5.82 Å². The molecule has 7 heteroatoms. The Balaban J connectivity index is 1.76. The summed E-state index contributed by atoms with van der Waals surface area (Å²) in [5.74, 6) is -0.363. The molecule has 0 saturated carbocycles. The van der Waals surface area contributed by atoms with Crippen LogP contribution in [0.4, 0.5) is 10.1 Å². The summed E-state index contributed by atoms with van der Waals surface area (Å²) in [6.45, 7) is 3.92. The number of rotatable bonds is 4. The van der Waals surface area contributed by atoms with Gasteiger partial charge in [0.1, 0.15) is 5.82 Å². The summed E-state index contributed by atoms with van der Waals surface area (Å²) in [6.07, 6.45) is 0. The molecule has 1 aromatic heterocycles. The highest BCUT2D eigenvalue weighted by molar-refractivity contribution is 6.30. The van der Waals surface area contributed by atoms with E-state index in [4.69, 9.17) is 11.6 Å². The van der Waals surface area contributed by atoms with Crippen molar-refractivity contribution in [3.05, 3.63) is 94.5 Å². The van der Waals surface area contributed by atoms with Crippen molar-refractivity contribution < 1.29 is 9.18 Å². The van der Waals surface area contributed by atoms with E-state index < -0.39 is 5.91 Å². The Hall–Kier alpha value is -3.51. The van der Waals surface area contributed by atoms with Crippen molar-refractivity contribution in [2.75, 3.05) is 5.32 Å². The first-order valence-electron chi connectivity index (χ1n) is 9.29. The van der Waals surface area contributed by atoms with Crippen LogP contribution in [-0.2, 0) is 0 Å². The van der Waals surface area contributed by atoms with Crippen molar-refractivity contribution in [2.45, 2.75) is 13.8 Å². The molecule has 0 aliphatic rings. The number of nitrogens with zero attached hydrogens (tertiary/aromatic N) is 3. The number of aromatic nitrogens is 3. The van der Waals surface area contributed by atoms with Crippen LogP contribution in [0.2, 0.25) is 5.02 Å². The zero-order valence-corrected chi connectivity index (χ0v) is 17.1. The predicted molar refractivity (Wildman–Crippen MR) is 116 cm³/mol. The smallest absolute Gasteiger partial charge is 0.295 e. The zero-order valence-electron chi connectivity index (χ0n) is 16.4. The predicted octanol–water partition coefficient (Wildman–Crippen LogP) is 5.60. The number of amides is 1. The Labute approximate surface area is 178 Å². The lowest BCUT2D eigenvalue weighted by Gasteiger charge is -2.08. The van der Waals surface area contributed by atoms with E-state index in [-0.39, 0.29) is 11.6 Å². The molecule has 150 valence electrons. The van der Waals surface area contributed by atoms with Gasteiger partial charge in [0.05, 0.1) is 5.69 Å². The van der Waals surface area contributed by atoms with Gasteiger partial charge in [-0.25, -0.2) is 14.1 Å². The minimum absolute atomic E-state index is 0.00480. The number of benzene rings is 3. The summed E-state index contributed by atoms with van der Waals surface area (Å²) in [4.78, 5) is 17.3. The fraction of sp³-hybridized carbons (Fsp3) is 0.0870. The normalized spacial score (nSPS) is 10.8. The number of hydrogen-bond donors (Lipinski definition) is 1. The van der Waals surface area contributed by atoms with Gasteiger partial charge in [0.25, 0.3) is 5.91 Å². The molecular weight excluding hydrogens is 403 g/mol. The van der Waals surface area contributed by atoms with Crippen molar-refractivity contribution in [2.24, 2.45) is 0 Å². The van der Waals surface area contributed by atoms with Crippen molar-refractivity contribution in [1.82, 2.24) is 14.8 Å². The minimum atomic E-state index is -0.431. The van der Waals surface area contributed by atoms with E-state index in [0.717, 1.165) is 11.1 Å². The highest BCUT2D eigenvalue weighted by atomic mass is 35.5. The first-order valence-corrected chi connectivity index (χ1v) is 9.66. The molecule has 0 saturated heterocycles. The molecule has 4 rings (SSSR count). The van der Waals surface area contributed by atoms with Gasteiger partial charge in [-0.15, -0.1) is 5.10 Å². The van der Waals surface area contributed by atoms with Gasteiger partial charge in [0.15, 0.2) is 5.82 Å². The van der Waals surface area contributed by atoms with Crippen molar-refractivity contribution in [3.63, 3.8) is 0 Å². The second kappa shape index (κ2) is 8.08. The van der Waals surface area contributed by atoms with E-state index in [1.807, 2.05) is 32.0 Å². The largest absolute Gasteiger partial charge is 0.319 e. The molecule has 0 spiro atoms. The molecule has 4 aromatic rings. The number of anilines is 1. The fourth-order valence-electron chi connectivity index (χ4n) is 3.02. The Morgan fingerprint density at radius 1 is 1.00 bits per heavy atom. The molecule has 30 heavy (non-hydrogen) atoms. The van der Waals surface area contributed by atoms with Gasteiger partial charge < -0.3 is 5.32 Å². The maximum Gasteiger partial charge on any atom is 0.295 e. The Bertz CT molecular complexity index is 1150. The summed E-state index contributed by atoms with van der Waals surface area (Å²) in [5.41, 5.74) is 4.05. The SMILES string of the molecule is Cc1cccc(NC(=O)c2nc(-c3ccc(F)cc3)n(-c3ccc(Cl)cc3)n2)c1C. The van der Waals surface area contributed by atoms with Gasteiger partial charge in [-0.1, -0.05) is 23.7 Å². The molecule has 1 N–H and O–H groups in total. The van der Waals surface area contributed by atoms with Crippen LogP contribution in [0.5, 0.6) is 0 Å². The second-order valence-corrected chi connectivity index (χ2v) is 7.29. The standard InChI is InChI=1S/C23H18ClFN4O/c1-14-4-3-5-20(15(14)2)26-23(30)21-27-22(16-6-10-18(25)11-7-16)29(28-21)19-12-8-17(24)9-13-19/h3-13H,1-2H3,(H,26,30). The lowest BCUT2D eigenvalue weighted by atomic mass is 10.1. The van der Waals surface area contributed by atoms with Gasteiger partial charge in [-0.05, 0) is 79.6 Å². The third kappa shape index (κ3) is 3.95. The first kappa shape index (κ1) is 19.8. The minimum Gasteiger partial charge on any atom is -0.319 e. The lowest BCUT2D eigenvalue weighted by molar-refractivity contribution is 0.101. The summed E-state index contributed by atoms with van der Waals surface area (Å²) in [7, 11) is 0. The van der Waals surface area contributed by atoms with Gasteiger partial charge in [0, 0.05) is 16.3 Å². The Kier molecular flexibility index (Phi) is 5.33. The highest BCUT2D eigenvalue weighted by Gasteiger charge is 2.19. The number of aryl methyl sites for hydroxylation is 1. The molecule has 3 aromatic carbocycles. The van der Waals surface area contributed by atoms with Crippen LogP contribution < -0.4 is 5.32 Å². The molecular formula is C23H18ClFN4O. The quantitative estimate of drug-likeness (QED) is 0.467. The first-order chi connectivity index (χ1) is 14.4. The van der Waals surface area contributed by atoms with Crippen LogP contribution in [0.3, 0.4) is 0 Å². The molecule has 0 aliphatic carbocycles. The number of hydrogen-bond acceptors (Lipinski definition) is 3. The lowest BCUT2D eigenvalue weighted by Crippen LogP contribution is -2.15. The zero-order chi connectivity index (χ0) is 21.3. The molecule has 0 atom stereocenters. The van der Waals surface area contributed by atoms with E-state index >= 15 is 0 Å². The summed E-state index contributed by atoms with van der Waals surface area (Å²) in [6, 6.07) is 18.6. The van der Waals surface area contributed by atoms with E-state index in [0.29, 0.717) is 27.8 Å². The molecule has 0 radical (unpaired) electrons. The number of nitrogens with one attached hydrogen (secondary N) is 1. The van der Waals surface area contributed by atoms with Gasteiger partial charge >= 0.3 is 0 Å². The van der Waals surface area contributed by atoms with E-state index in [1.165, 1.54) is 12.1 Å². The topological polar surface area (TPSA) is 59.8 Å². The van der Waals surface area contributed by atoms with Crippen LogP contribution in [-0.4, -0.2) is 20.7 Å². The molecule has 0 aliphatic heterocycles. The second-order valence-electron chi connectivity index (χ2n) is 6.86. The Morgan fingerprint density at radius 2 is 1.70 bits per heavy atom. The highest BCUT2D eigenvalue weighted by Crippen LogP contribution is 2.24. The van der Waals surface area contributed by atoms with Crippen LogP contribution in [0.15, 0.2) is 66.7 Å². The molecule has 0 unspecified atom stereocenters.